The van der Waals surface area contributed by atoms with Crippen LogP contribution in [0.2, 0.25) is 0 Å². The van der Waals surface area contributed by atoms with Gasteiger partial charge in [-0.1, -0.05) is 72.0 Å². The van der Waals surface area contributed by atoms with Gasteiger partial charge in [0.15, 0.2) is 0 Å². The third kappa shape index (κ3) is 5.88. The van der Waals surface area contributed by atoms with Crippen molar-refractivity contribution in [3.05, 3.63) is 150 Å². The zero-order valence-corrected chi connectivity index (χ0v) is 28.4. The molecule has 4 aromatic heterocycles. The quantitative estimate of drug-likeness (QED) is 0.168. The monoisotopic (exact) mass is 774 g/mol. The maximum Gasteiger partial charge on any atom is 0.128 e. The van der Waals surface area contributed by atoms with E-state index < -0.39 is 0 Å². The topological polar surface area (TPSA) is 51.8 Å². The zero-order chi connectivity index (χ0) is 30.9. The summed E-state index contributed by atoms with van der Waals surface area (Å²) >= 11 is 0. The van der Waals surface area contributed by atoms with Gasteiger partial charge in [-0.2, -0.15) is 0 Å². The Kier molecular flexibility index (Phi) is 8.89. The summed E-state index contributed by atoms with van der Waals surface area (Å²) in [6.07, 6.45) is 7.48. The number of aryl methyl sites for hydroxylation is 4. The predicted molar refractivity (Wildman–Crippen MR) is 184 cm³/mol. The van der Waals surface area contributed by atoms with Gasteiger partial charge in [-0.15, -0.1) is 53.6 Å². The Bertz CT molecular complexity index is 2310. The molecule has 46 heavy (non-hydrogen) atoms. The number of furan rings is 1. The molecule has 0 fully saturated rings. The molecule has 0 unspecified atom stereocenters. The van der Waals surface area contributed by atoms with E-state index in [-0.39, 0.29) is 20.1 Å². The molecule has 0 saturated carbocycles. The molecule has 0 spiro atoms. The Morgan fingerprint density at radius 3 is 2.28 bits per heavy atom. The molecule has 0 bridgehead atoms. The van der Waals surface area contributed by atoms with E-state index in [1.54, 1.807) is 6.20 Å². The van der Waals surface area contributed by atoms with Crippen LogP contribution < -0.4 is 0 Å². The van der Waals surface area contributed by atoms with Gasteiger partial charge < -0.3 is 14.4 Å². The van der Waals surface area contributed by atoms with Crippen molar-refractivity contribution >= 4 is 32.7 Å². The van der Waals surface area contributed by atoms with Gasteiger partial charge in [0.1, 0.15) is 5.58 Å². The number of rotatable bonds is 3. The van der Waals surface area contributed by atoms with Gasteiger partial charge in [0.05, 0.1) is 5.58 Å². The fraction of sp³-hybridized carbons (Fsp3) is 0.0976. The van der Waals surface area contributed by atoms with E-state index in [1.807, 2.05) is 55.0 Å². The molecule has 4 nitrogen and oxygen atoms in total. The van der Waals surface area contributed by atoms with Crippen LogP contribution in [-0.4, -0.2) is 15.0 Å². The number of para-hydroxylation sites is 1. The minimum absolute atomic E-state index is 0. The molecular weight excluding hydrogens is 743 g/mol. The van der Waals surface area contributed by atoms with Crippen LogP contribution in [-0.2, 0) is 20.1 Å². The molecule has 1 radical (unpaired) electrons. The summed E-state index contributed by atoms with van der Waals surface area (Å²) < 4.78 is 6.54. The third-order valence-corrected chi connectivity index (χ3v) is 8.30. The number of hydrogen-bond donors (Lipinski definition) is 0. The van der Waals surface area contributed by atoms with Crippen molar-refractivity contribution in [2.75, 3.05) is 0 Å². The van der Waals surface area contributed by atoms with Gasteiger partial charge in [0.25, 0.3) is 0 Å². The van der Waals surface area contributed by atoms with Crippen LogP contribution >= 0.6 is 0 Å². The zero-order valence-electron chi connectivity index (χ0n) is 26.1. The Morgan fingerprint density at radius 1 is 0.630 bits per heavy atom. The van der Waals surface area contributed by atoms with E-state index >= 15 is 0 Å². The molecule has 4 aromatic carbocycles. The first-order valence-corrected chi connectivity index (χ1v) is 15.0. The maximum absolute atomic E-state index is 6.54. The molecule has 0 saturated heterocycles. The minimum Gasteiger partial charge on any atom is -0.500 e. The number of aromatic nitrogens is 3. The summed E-state index contributed by atoms with van der Waals surface area (Å²) in [6, 6.07) is 37.4. The molecule has 0 aliphatic carbocycles. The Morgan fingerprint density at radius 2 is 1.50 bits per heavy atom. The number of hydrogen-bond acceptors (Lipinski definition) is 4. The smallest absolute Gasteiger partial charge is 0.128 e. The summed E-state index contributed by atoms with van der Waals surface area (Å²) in [6.45, 7) is 8.38. The first-order valence-electron chi connectivity index (χ1n) is 15.0. The molecule has 0 aliphatic rings. The van der Waals surface area contributed by atoms with Crippen molar-refractivity contribution < 1.29 is 24.5 Å². The first kappa shape index (κ1) is 31.0. The van der Waals surface area contributed by atoms with Crippen molar-refractivity contribution in [2.24, 2.45) is 0 Å². The number of fused-ring (bicyclic) bond motifs is 4. The van der Waals surface area contributed by atoms with E-state index in [9.17, 15) is 0 Å². The van der Waals surface area contributed by atoms with Crippen molar-refractivity contribution in [3.8, 4) is 33.6 Å². The molecule has 0 atom stereocenters. The summed E-state index contributed by atoms with van der Waals surface area (Å²) in [7, 11) is 0. The molecule has 5 heteroatoms. The van der Waals surface area contributed by atoms with Crippen molar-refractivity contribution in [1.82, 2.24) is 15.0 Å². The second-order valence-electron chi connectivity index (χ2n) is 11.4. The summed E-state index contributed by atoms with van der Waals surface area (Å²) in [5, 5.41) is 4.46. The van der Waals surface area contributed by atoms with Crippen LogP contribution in [0.4, 0.5) is 0 Å². The summed E-state index contributed by atoms with van der Waals surface area (Å²) in [4.78, 5) is 13.3. The second-order valence-corrected chi connectivity index (χ2v) is 11.4. The van der Waals surface area contributed by atoms with E-state index in [4.69, 9.17) is 4.42 Å². The molecular formula is C41H31IrN3O-2. The molecule has 0 amide bonds. The van der Waals surface area contributed by atoms with E-state index in [0.29, 0.717) is 0 Å². The van der Waals surface area contributed by atoms with Gasteiger partial charge >= 0.3 is 0 Å². The fourth-order valence-electron chi connectivity index (χ4n) is 5.72. The van der Waals surface area contributed by atoms with Crippen LogP contribution in [0.25, 0.3) is 66.4 Å². The van der Waals surface area contributed by atoms with Gasteiger partial charge in [0, 0.05) is 61.2 Å². The van der Waals surface area contributed by atoms with Crippen LogP contribution in [0.15, 0.2) is 120 Å². The van der Waals surface area contributed by atoms with Gasteiger partial charge in [0.2, 0.25) is 0 Å². The minimum atomic E-state index is 0. The van der Waals surface area contributed by atoms with Crippen LogP contribution in [0.5, 0.6) is 0 Å². The average molecular weight is 774 g/mol. The Labute approximate surface area is 282 Å². The van der Waals surface area contributed by atoms with Gasteiger partial charge in [-0.05, 0) is 66.4 Å². The second kappa shape index (κ2) is 13.2. The Balaban J connectivity index is 0.000000197. The van der Waals surface area contributed by atoms with Crippen molar-refractivity contribution in [1.29, 1.82) is 0 Å². The number of pyridine rings is 3. The SMILES string of the molecule is Cc1c[c-]c(-c2cc(C)c(C)cn2)cc1.Cc1ccc2ccncc2c1-c1cccc2c1oc1c(-c3ccccn3)[c-]ccc12.[Ir]. The van der Waals surface area contributed by atoms with E-state index in [2.05, 4.69) is 109 Å². The van der Waals surface area contributed by atoms with Crippen LogP contribution in [0.1, 0.15) is 22.3 Å². The molecule has 8 aromatic rings. The van der Waals surface area contributed by atoms with Crippen LogP contribution in [0, 0.1) is 39.8 Å². The first-order chi connectivity index (χ1) is 22.0. The fourth-order valence-corrected chi connectivity index (χ4v) is 5.72. The summed E-state index contributed by atoms with van der Waals surface area (Å²) in [5.74, 6) is 0. The largest absolute Gasteiger partial charge is 0.500 e. The number of benzene rings is 4. The normalized spacial score (nSPS) is 10.9. The average Bonchev–Trinajstić information content (AvgIpc) is 3.47. The Hall–Kier alpha value is -4.96. The molecule has 227 valence electrons. The van der Waals surface area contributed by atoms with E-state index in [0.717, 1.165) is 61.0 Å². The molecule has 0 N–H and O–H groups in total. The van der Waals surface area contributed by atoms with E-state index in [1.165, 1.54) is 27.6 Å². The number of nitrogens with zero attached hydrogens (tertiary/aromatic N) is 3. The molecule has 8 rings (SSSR count). The molecule has 0 aliphatic heterocycles. The third-order valence-electron chi connectivity index (χ3n) is 8.30. The van der Waals surface area contributed by atoms with Crippen LogP contribution in [0.3, 0.4) is 0 Å². The van der Waals surface area contributed by atoms with Gasteiger partial charge in [-0.3, -0.25) is 4.98 Å². The standard InChI is InChI=1S/C27H17N2O.C14H14N.Ir/c1-17-11-12-18-13-15-28-16-23(18)25(17)22-9-5-7-20-19-6-4-8-21(26(19)30-27(20)22)24-10-2-3-14-29-24;1-10-4-6-13(7-5-10)14-8-11(2)12(3)9-15-14;/h2-7,9-16H,1H3;4-6,8-9H,1-3H3;/q2*-1;. The predicted octanol–water partition coefficient (Wildman–Crippen LogP) is 10.4. The molecule has 4 heterocycles. The maximum atomic E-state index is 6.54. The van der Waals surface area contributed by atoms with Crippen molar-refractivity contribution in [2.45, 2.75) is 27.7 Å². The van der Waals surface area contributed by atoms with Crippen molar-refractivity contribution in [3.63, 3.8) is 0 Å². The summed E-state index contributed by atoms with van der Waals surface area (Å²) in [5.41, 5.74) is 12.6. The van der Waals surface area contributed by atoms with Gasteiger partial charge in [-0.25, -0.2) is 0 Å².